The van der Waals surface area contributed by atoms with Gasteiger partial charge >= 0.3 is 5.97 Å². The monoisotopic (exact) mass is 234 g/mol. The lowest BCUT2D eigenvalue weighted by atomic mass is 9.50. The SMILES string of the molecule is CC1(C)CCC[C@]2(C)C3=C(CC[C@@H]12)COC3=O. The van der Waals surface area contributed by atoms with Gasteiger partial charge in [0, 0.05) is 11.0 Å². The zero-order chi connectivity index (χ0) is 12.3. The Balaban J connectivity index is 2.08. The minimum atomic E-state index is -0.0232. The van der Waals surface area contributed by atoms with Crippen molar-refractivity contribution in [1.82, 2.24) is 0 Å². The summed E-state index contributed by atoms with van der Waals surface area (Å²) in [6, 6.07) is 0. The van der Waals surface area contributed by atoms with Crippen LogP contribution in [0.1, 0.15) is 52.9 Å². The average molecular weight is 234 g/mol. The van der Waals surface area contributed by atoms with E-state index in [4.69, 9.17) is 4.74 Å². The van der Waals surface area contributed by atoms with Gasteiger partial charge in [-0.1, -0.05) is 27.2 Å². The van der Waals surface area contributed by atoms with Crippen molar-refractivity contribution >= 4 is 5.97 Å². The topological polar surface area (TPSA) is 26.3 Å². The summed E-state index contributed by atoms with van der Waals surface area (Å²) in [6.45, 7) is 7.62. The minimum absolute atomic E-state index is 0.0232. The third-order valence-corrected chi connectivity index (χ3v) is 5.47. The number of carbonyl (C=O) groups excluding carboxylic acids is 1. The first-order chi connectivity index (χ1) is 7.95. The maximum Gasteiger partial charge on any atom is 0.334 e. The number of hydrogen-bond acceptors (Lipinski definition) is 2. The fourth-order valence-electron chi connectivity index (χ4n) is 4.72. The van der Waals surface area contributed by atoms with Crippen LogP contribution >= 0.6 is 0 Å². The summed E-state index contributed by atoms with van der Waals surface area (Å²) in [5, 5.41) is 0. The maximum absolute atomic E-state index is 12.0. The fourth-order valence-corrected chi connectivity index (χ4v) is 4.72. The Morgan fingerprint density at radius 2 is 2.00 bits per heavy atom. The standard InChI is InChI=1S/C15H22O2/c1-14(2)7-4-8-15(3)11(14)6-5-10-9-17-13(16)12(10)15/h11H,4-9H2,1-3H3/t11-,15-/m0/s1. The third-order valence-electron chi connectivity index (χ3n) is 5.47. The molecular formula is C15H22O2. The molecule has 2 nitrogen and oxygen atoms in total. The minimum Gasteiger partial charge on any atom is -0.458 e. The van der Waals surface area contributed by atoms with Gasteiger partial charge in [-0.2, -0.15) is 0 Å². The Morgan fingerprint density at radius 1 is 1.24 bits per heavy atom. The molecule has 3 rings (SSSR count). The van der Waals surface area contributed by atoms with E-state index in [0.717, 1.165) is 18.4 Å². The van der Waals surface area contributed by atoms with Gasteiger partial charge in [0.05, 0.1) is 0 Å². The number of carbonyl (C=O) groups is 1. The van der Waals surface area contributed by atoms with Crippen molar-refractivity contribution in [3.05, 3.63) is 11.1 Å². The molecule has 2 atom stereocenters. The smallest absolute Gasteiger partial charge is 0.334 e. The summed E-state index contributed by atoms with van der Waals surface area (Å²) in [4.78, 5) is 12.0. The van der Waals surface area contributed by atoms with E-state index in [1.807, 2.05) is 0 Å². The Kier molecular flexibility index (Phi) is 2.24. The van der Waals surface area contributed by atoms with Crippen LogP contribution < -0.4 is 0 Å². The highest BCUT2D eigenvalue weighted by molar-refractivity contribution is 5.93. The molecule has 0 radical (unpaired) electrons. The Morgan fingerprint density at radius 3 is 2.76 bits per heavy atom. The first-order valence-electron chi connectivity index (χ1n) is 6.85. The fraction of sp³-hybridized carbons (Fsp3) is 0.800. The first-order valence-corrected chi connectivity index (χ1v) is 6.85. The quantitative estimate of drug-likeness (QED) is 0.600. The van der Waals surface area contributed by atoms with Crippen LogP contribution in [0.25, 0.3) is 0 Å². The van der Waals surface area contributed by atoms with Gasteiger partial charge < -0.3 is 4.74 Å². The van der Waals surface area contributed by atoms with Crippen LogP contribution in [0.5, 0.6) is 0 Å². The molecule has 0 aromatic carbocycles. The van der Waals surface area contributed by atoms with E-state index in [9.17, 15) is 4.79 Å². The van der Waals surface area contributed by atoms with Gasteiger partial charge in [0.15, 0.2) is 0 Å². The molecular weight excluding hydrogens is 212 g/mol. The molecule has 0 amide bonds. The van der Waals surface area contributed by atoms with Gasteiger partial charge in [-0.3, -0.25) is 0 Å². The van der Waals surface area contributed by atoms with E-state index in [2.05, 4.69) is 20.8 Å². The lowest BCUT2D eigenvalue weighted by Crippen LogP contribution is -2.46. The van der Waals surface area contributed by atoms with E-state index in [1.54, 1.807) is 0 Å². The van der Waals surface area contributed by atoms with Crippen LogP contribution in [0.3, 0.4) is 0 Å². The van der Waals surface area contributed by atoms with Crippen molar-refractivity contribution in [2.75, 3.05) is 6.61 Å². The van der Waals surface area contributed by atoms with Crippen molar-refractivity contribution in [3.8, 4) is 0 Å². The predicted molar refractivity (Wildman–Crippen MR) is 66.4 cm³/mol. The highest BCUT2D eigenvalue weighted by Crippen LogP contribution is 2.60. The third kappa shape index (κ3) is 1.42. The highest BCUT2D eigenvalue weighted by atomic mass is 16.5. The molecule has 0 aromatic rings. The molecule has 0 unspecified atom stereocenters. The molecule has 2 aliphatic carbocycles. The maximum atomic E-state index is 12.0. The van der Waals surface area contributed by atoms with Crippen LogP contribution in [0.4, 0.5) is 0 Å². The zero-order valence-corrected chi connectivity index (χ0v) is 11.1. The van der Waals surface area contributed by atoms with Gasteiger partial charge in [-0.05, 0) is 42.6 Å². The van der Waals surface area contributed by atoms with Gasteiger partial charge in [-0.25, -0.2) is 4.79 Å². The van der Waals surface area contributed by atoms with Crippen molar-refractivity contribution < 1.29 is 9.53 Å². The van der Waals surface area contributed by atoms with Gasteiger partial charge in [0.2, 0.25) is 0 Å². The number of ether oxygens (including phenoxy) is 1. The van der Waals surface area contributed by atoms with Crippen LogP contribution in [0, 0.1) is 16.7 Å². The largest absolute Gasteiger partial charge is 0.458 e. The molecule has 2 heteroatoms. The predicted octanol–water partition coefficient (Wildman–Crippen LogP) is 3.47. The van der Waals surface area contributed by atoms with Gasteiger partial charge in [0.1, 0.15) is 6.61 Å². The summed E-state index contributed by atoms with van der Waals surface area (Å²) < 4.78 is 5.27. The average Bonchev–Trinajstić information content (AvgIpc) is 2.60. The zero-order valence-electron chi connectivity index (χ0n) is 11.1. The molecule has 0 spiro atoms. The Labute approximate surface area is 103 Å². The van der Waals surface area contributed by atoms with Gasteiger partial charge in [0.25, 0.3) is 0 Å². The molecule has 1 fully saturated rings. The molecule has 17 heavy (non-hydrogen) atoms. The second-order valence-corrected chi connectivity index (χ2v) is 6.91. The van der Waals surface area contributed by atoms with Crippen LogP contribution in [-0.4, -0.2) is 12.6 Å². The molecule has 0 saturated heterocycles. The summed E-state index contributed by atoms with van der Waals surface area (Å²) >= 11 is 0. The van der Waals surface area contributed by atoms with Gasteiger partial charge in [-0.15, -0.1) is 0 Å². The molecule has 94 valence electrons. The van der Waals surface area contributed by atoms with Crippen molar-refractivity contribution in [3.63, 3.8) is 0 Å². The van der Waals surface area contributed by atoms with E-state index in [1.165, 1.54) is 24.8 Å². The van der Waals surface area contributed by atoms with E-state index < -0.39 is 0 Å². The van der Waals surface area contributed by atoms with Crippen LogP contribution in [-0.2, 0) is 9.53 Å². The van der Waals surface area contributed by atoms with Crippen molar-refractivity contribution in [1.29, 1.82) is 0 Å². The normalized spacial score (nSPS) is 39.7. The second kappa shape index (κ2) is 3.37. The van der Waals surface area contributed by atoms with Crippen molar-refractivity contribution in [2.45, 2.75) is 52.9 Å². The number of hydrogen-bond donors (Lipinski definition) is 0. The highest BCUT2D eigenvalue weighted by Gasteiger charge is 2.54. The summed E-state index contributed by atoms with van der Waals surface area (Å²) in [7, 11) is 0. The van der Waals surface area contributed by atoms with E-state index in [0.29, 0.717) is 17.9 Å². The molecule has 1 saturated carbocycles. The lowest BCUT2D eigenvalue weighted by molar-refractivity contribution is -0.138. The first kappa shape index (κ1) is 11.3. The number of rotatable bonds is 0. The molecule has 3 aliphatic rings. The van der Waals surface area contributed by atoms with Crippen LogP contribution in [0.15, 0.2) is 11.1 Å². The molecule has 1 heterocycles. The van der Waals surface area contributed by atoms with Crippen molar-refractivity contribution in [2.24, 2.45) is 16.7 Å². The Bertz CT molecular complexity index is 405. The molecule has 0 aromatic heterocycles. The van der Waals surface area contributed by atoms with E-state index >= 15 is 0 Å². The number of cyclic esters (lactones) is 1. The second-order valence-electron chi connectivity index (χ2n) is 6.91. The summed E-state index contributed by atoms with van der Waals surface area (Å²) in [5.74, 6) is 0.623. The molecule has 0 N–H and O–H groups in total. The molecule has 0 bridgehead atoms. The summed E-state index contributed by atoms with van der Waals surface area (Å²) in [5.41, 5.74) is 2.81. The number of fused-ring (bicyclic) bond motifs is 2. The molecule has 1 aliphatic heterocycles. The lowest BCUT2D eigenvalue weighted by Gasteiger charge is -2.53. The Hall–Kier alpha value is -0.790. The summed E-state index contributed by atoms with van der Waals surface area (Å²) in [6.07, 6.45) is 6.01. The van der Waals surface area contributed by atoms with Crippen LogP contribution in [0.2, 0.25) is 0 Å². The van der Waals surface area contributed by atoms with E-state index in [-0.39, 0.29) is 11.4 Å². The number of esters is 1.